The van der Waals surface area contributed by atoms with Crippen LogP contribution in [0.1, 0.15) is 98.4 Å². The van der Waals surface area contributed by atoms with Gasteiger partial charge in [-0.3, -0.25) is 0 Å². The van der Waals surface area contributed by atoms with Crippen LogP contribution < -0.4 is 0 Å². The van der Waals surface area contributed by atoms with E-state index in [0.717, 1.165) is 0 Å². The molecule has 1 aromatic rings. The molecule has 0 aromatic heterocycles. The van der Waals surface area contributed by atoms with Crippen LogP contribution in [0.15, 0.2) is 12.1 Å². The molecule has 0 amide bonds. The molecule has 0 nitrogen and oxygen atoms in total. The van der Waals surface area contributed by atoms with Gasteiger partial charge >= 0.3 is 0 Å². The third-order valence-corrected chi connectivity index (χ3v) is 4.34. The smallest absolute Gasteiger partial charge is 0.0129 e. The summed E-state index contributed by atoms with van der Waals surface area (Å²) in [5, 5.41) is 0. The highest BCUT2D eigenvalue weighted by Gasteiger charge is 2.28. The van der Waals surface area contributed by atoms with E-state index in [-0.39, 0.29) is 16.2 Å². The van der Waals surface area contributed by atoms with Gasteiger partial charge in [-0.25, -0.2) is 0 Å². The molecule has 0 N–H and O–H groups in total. The van der Waals surface area contributed by atoms with Crippen LogP contribution in [0.3, 0.4) is 0 Å². The van der Waals surface area contributed by atoms with Gasteiger partial charge in [0, 0.05) is 0 Å². The molecule has 0 saturated heterocycles. The second-order valence-electron chi connectivity index (χ2n) is 10.4. The van der Waals surface area contributed by atoms with Gasteiger partial charge in [-0.2, -0.15) is 0 Å². The molecule has 0 aliphatic carbocycles. The van der Waals surface area contributed by atoms with Crippen LogP contribution in [0.25, 0.3) is 0 Å². The van der Waals surface area contributed by atoms with Crippen molar-refractivity contribution in [2.75, 3.05) is 0 Å². The van der Waals surface area contributed by atoms with E-state index in [9.17, 15) is 0 Å². The van der Waals surface area contributed by atoms with Gasteiger partial charge in [0.05, 0.1) is 0 Å². The molecule has 22 heavy (non-hydrogen) atoms. The van der Waals surface area contributed by atoms with Gasteiger partial charge in [-0.15, -0.1) is 0 Å². The zero-order chi connectivity index (χ0) is 17.5. The molecular weight excluding hydrogens is 264 g/mol. The second-order valence-corrected chi connectivity index (χ2v) is 10.4. The molecule has 0 aliphatic heterocycles. The van der Waals surface area contributed by atoms with E-state index in [1.807, 2.05) is 0 Å². The minimum Gasteiger partial charge on any atom is -0.0625 e. The lowest BCUT2D eigenvalue weighted by Crippen LogP contribution is -2.25. The quantitative estimate of drug-likeness (QED) is 0.565. The van der Waals surface area contributed by atoms with Crippen molar-refractivity contribution in [1.82, 2.24) is 0 Å². The van der Waals surface area contributed by atoms with Crippen molar-refractivity contribution in [1.29, 1.82) is 0 Å². The van der Waals surface area contributed by atoms with Crippen molar-refractivity contribution in [2.45, 2.75) is 98.8 Å². The van der Waals surface area contributed by atoms with Crippen LogP contribution in [0, 0.1) is 5.92 Å². The van der Waals surface area contributed by atoms with Crippen molar-refractivity contribution in [2.24, 2.45) is 5.92 Å². The monoisotopic (exact) mass is 302 g/mol. The van der Waals surface area contributed by atoms with Crippen molar-refractivity contribution < 1.29 is 0 Å². The van der Waals surface area contributed by atoms with E-state index in [0.29, 0.717) is 5.92 Å². The zero-order valence-corrected chi connectivity index (χ0v) is 16.9. The molecule has 1 rings (SSSR count). The fourth-order valence-corrected chi connectivity index (χ4v) is 3.07. The zero-order valence-electron chi connectivity index (χ0n) is 16.9. The normalized spacial score (nSPS) is 13.8. The Morgan fingerprint density at radius 2 is 1.05 bits per heavy atom. The Morgan fingerprint density at radius 1 is 0.682 bits per heavy atom. The third kappa shape index (κ3) is 4.61. The summed E-state index contributed by atoms with van der Waals surface area (Å²) in [6, 6.07) is 4.96. The maximum Gasteiger partial charge on any atom is -0.0129 e. The molecule has 0 saturated carbocycles. The number of benzene rings is 1. The van der Waals surface area contributed by atoms with Gasteiger partial charge in [0.25, 0.3) is 0 Å². The van der Waals surface area contributed by atoms with E-state index >= 15 is 0 Å². The number of hydrogen-bond donors (Lipinski definition) is 0. The standard InChI is InChI=1S/C22H38/c1-15(2)12-17-18(21(6,7)8)13-16(20(3,4)5)14-19(17)22(9,10)11/h13-15H,12H2,1-11H3. The minimum absolute atomic E-state index is 0.186. The molecule has 0 atom stereocenters. The summed E-state index contributed by atoms with van der Waals surface area (Å²) in [6.45, 7) is 25.7. The van der Waals surface area contributed by atoms with Gasteiger partial charge < -0.3 is 0 Å². The summed E-state index contributed by atoms with van der Waals surface area (Å²) in [6.07, 6.45) is 1.17. The predicted octanol–water partition coefficient (Wildman–Crippen LogP) is 6.78. The lowest BCUT2D eigenvalue weighted by Gasteiger charge is -2.34. The Labute approximate surface area is 139 Å². The van der Waals surface area contributed by atoms with Gasteiger partial charge in [0.2, 0.25) is 0 Å². The molecule has 0 spiro atoms. The average Bonchev–Trinajstić information content (AvgIpc) is 2.23. The molecular formula is C22H38. The summed E-state index contributed by atoms with van der Waals surface area (Å²) < 4.78 is 0. The highest BCUT2D eigenvalue weighted by Crippen LogP contribution is 2.39. The van der Waals surface area contributed by atoms with Crippen LogP contribution in [-0.4, -0.2) is 0 Å². The van der Waals surface area contributed by atoms with Crippen LogP contribution in [-0.2, 0) is 22.7 Å². The Morgan fingerprint density at radius 3 is 1.27 bits per heavy atom. The fraction of sp³-hybridized carbons (Fsp3) is 0.727. The van der Waals surface area contributed by atoms with Gasteiger partial charge in [0.15, 0.2) is 0 Å². The second kappa shape index (κ2) is 6.02. The van der Waals surface area contributed by atoms with Gasteiger partial charge in [0.1, 0.15) is 0 Å². The molecule has 0 heterocycles. The first-order valence-corrected chi connectivity index (χ1v) is 8.82. The number of rotatable bonds is 2. The van der Waals surface area contributed by atoms with E-state index in [1.165, 1.54) is 12.0 Å². The molecule has 0 heteroatoms. The maximum atomic E-state index is 2.48. The summed E-state index contributed by atoms with van der Waals surface area (Å²) in [5.74, 6) is 0.683. The van der Waals surface area contributed by atoms with Crippen molar-refractivity contribution in [3.05, 3.63) is 34.4 Å². The molecule has 0 radical (unpaired) electrons. The number of hydrogen-bond acceptors (Lipinski definition) is 0. The van der Waals surface area contributed by atoms with Crippen LogP contribution >= 0.6 is 0 Å². The molecule has 0 aliphatic rings. The predicted molar refractivity (Wildman–Crippen MR) is 101 cm³/mol. The van der Waals surface area contributed by atoms with Crippen LogP contribution in [0.2, 0.25) is 0 Å². The Bertz CT molecular complexity index is 475. The van der Waals surface area contributed by atoms with Crippen molar-refractivity contribution in [3.63, 3.8) is 0 Å². The Balaban J connectivity index is 3.78. The van der Waals surface area contributed by atoms with Crippen molar-refractivity contribution >= 4 is 0 Å². The van der Waals surface area contributed by atoms with E-state index in [2.05, 4.69) is 88.3 Å². The molecule has 0 unspecified atom stereocenters. The van der Waals surface area contributed by atoms with Crippen LogP contribution in [0.5, 0.6) is 0 Å². The van der Waals surface area contributed by atoms with E-state index in [1.54, 1.807) is 16.7 Å². The maximum absolute atomic E-state index is 2.48. The van der Waals surface area contributed by atoms with E-state index < -0.39 is 0 Å². The van der Waals surface area contributed by atoms with Crippen LogP contribution in [0.4, 0.5) is 0 Å². The SMILES string of the molecule is CC(C)Cc1c(C(C)(C)C)cc(C(C)(C)C)cc1C(C)(C)C. The van der Waals surface area contributed by atoms with Gasteiger partial charge in [-0.1, -0.05) is 88.3 Å². The third-order valence-electron chi connectivity index (χ3n) is 4.34. The summed E-state index contributed by atoms with van der Waals surface area (Å²) in [5.41, 5.74) is 6.70. The van der Waals surface area contributed by atoms with E-state index in [4.69, 9.17) is 0 Å². The molecule has 126 valence electrons. The average molecular weight is 303 g/mol. The highest BCUT2D eigenvalue weighted by molar-refractivity contribution is 5.47. The first-order chi connectivity index (χ1) is 9.64. The van der Waals surface area contributed by atoms with Crippen molar-refractivity contribution in [3.8, 4) is 0 Å². The highest BCUT2D eigenvalue weighted by atomic mass is 14.3. The molecule has 1 aromatic carbocycles. The lowest BCUT2D eigenvalue weighted by atomic mass is 9.71. The first-order valence-electron chi connectivity index (χ1n) is 8.82. The summed E-state index contributed by atoms with van der Waals surface area (Å²) in [4.78, 5) is 0. The molecule has 0 fully saturated rings. The topological polar surface area (TPSA) is 0 Å². The Kier molecular flexibility index (Phi) is 5.27. The minimum atomic E-state index is 0.186. The van der Waals surface area contributed by atoms with Gasteiger partial charge in [-0.05, 0) is 50.8 Å². The lowest BCUT2D eigenvalue weighted by molar-refractivity contribution is 0.524. The fourth-order valence-electron chi connectivity index (χ4n) is 3.07. The Hall–Kier alpha value is -0.780. The largest absolute Gasteiger partial charge is 0.0625 e. The summed E-state index contributed by atoms with van der Waals surface area (Å²) >= 11 is 0. The summed E-state index contributed by atoms with van der Waals surface area (Å²) in [7, 11) is 0. The first kappa shape index (κ1) is 19.3. The molecule has 0 bridgehead atoms.